The fourth-order valence-corrected chi connectivity index (χ4v) is 1.97. The van der Waals surface area contributed by atoms with Crippen LogP contribution < -0.4 is 10.6 Å². The minimum atomic E-state index is -4.30. The van der Waals surface area contributed by atoms with Crippen molar-refractivity contribution in [2.75, 3.05) is 13.6 Å². The van der Waals surface area contributed by atoms with Crippen LogP contribution in [0.3, 0.4) is 0 Å². The van der Waals surface area contributed by atoms with Crippen molar-refractivity contribution in [3.05, 3.63) is 53.3 Å². The van der Waals surface area contributed by atoms with Crippen LogP contribution in [-0.4, -0.2) is 29.7 Å². The Bertz CT molecular complexity index is 618. The van der Waals surface area contributed by atoms with Crippen molar-refractivity contribution < 1.29 is 13.2 Å². The lowest BCUT2D eigenvalue weighted by molar-refractivity contribution is -0.137. The zero-order valence-electron chi connectivity index (χ0n) is 12.6. The smallest absolute Gasteiger partial charge is 0.356 e. The Labute approximate surface area is 132 Å². The maximum absolute atomic E-state index is 12.5. The molecule has 0 aliphatic carbocycles. The molecule has 0 amide bonds. The summed E-state index contributed by atoms with van der Waals surface area (Å²) < 4.78 is 37.4. The average molecular weight is 325 g/mol. The molecule has 124 valence electrons. The highest BCUT2D eigenvalue weighted by Crippen LogP contribution is 2.29. The predicted molar refractivity (Wildman–Crippen MR) is 81.9 cm³/mol. The highest BCUT2D eigenvalue weighted by Gasteiger charge is 2.29. The molecular formula is C15H18F3N5. The third kappa shape index (κ3) is 5.32. The van der Waals surface area contributed by atoms with E-state index in [0.29, 0.717) is 25.5 Å². The van der Waals surface area contributed by atoms with E-state index in [2.05, 4.69) is 25.8 Å². The van der Waals surface area contributed by atoms with Crippen LogP contribution in [0.15, 0.2) is 41.5 Å². The summed E-state index contributed by atoms with van der Waals surface area (Å²) in [6.45, 7) is 1.12. The monoisotopic (exact) mass is 325 g/mol. The van der Waals surface area contributed by atoms with Gasteiger partial charge in [0.1, 0.15) is 0 Å². The summed E-state index contributed by atoms with van der Waals surface area (Å²) >= 11 is 0. The fourth-order valence-electron chi connectivity index (χ4n) is 1.97. The molecule has 3 N–H and O–H groups in total. The van der Waals surface area contributed by atoms with Gasteiger partial charge in [0, 0.05) is 19.8 Å². The summed E-state index contributed by atoms with van der Waals surface area (Å²) in [4.78, 5) is 4.08. The Hall–Kier alpha value is -2.51. The maximum Gasteiger partial charge on any atom is 0.416 e. The molecule has 0 radical (unpaired) electrons. The Balaban J connectivity index is 1.76. The molecule has 0 bridgehead atoms. The van der Waals surface area contributed by atoms with Crippen LogP contribution in [0, 0.1) is 0 Å². The van der Waals surface area contributed by atoms with Gasteiger partial charge < -0.3 is 10.6 Å². The van der Waals surface area contributed by atoms with Gasteiger partial charge in [-0.1, -0.05) is 12.1 Å². The van der Waals surface area contributed by atoms with Crippen molar-refractivity contribution in [1.29, 1.82) is 0 Å². The molecule has 0 aliphatic heterocycles. The van der Waals surface area contributed by atoms with Gasteiger partial charge in [0.2, 0.25) is 0 Å². The van der Waals surface area contributed by atoms with Crippen molar-refractivity contribution in [3.63, 3.8) is 0 Å². The lowest BCUT2D eigenvalue weighted by atomic mass is 10.1. The van der Waals surface area contributed by atoms with Crippen LogP contribution in [0.2, 0.25) is 0 Å². The first-order chi connectivity index (χ1) is 11.0. The van der Waals surface area contributed by atoms with Crippen LogP contribution >= 0.6 is 0 Å². The second-order valence-corrected chi connectivity index (χ2v) is 4.88. The van der Waals surface area contributed by atoms with E-state index in [9.17, 15) is 13.2 Å². The topological polar surface area (TPSA) is 65.1 Å². The third-order valence-electron chi connectivity index (χ3n) is 3.22. The first-order valence-electron chi connectivity index (χ1n) is 7.08. The average Bonchev–Trinajstić information content (AvgIpc) is 3.03. The molecule has 0 unspecified atom stereocenters. The quantitative estimate of drug-likeness (QED) is 0.584. The first kappa shape index (κ1) is 16.9. The number of aromatic amines is 1. The van der Waals surface area contributed by atoms with E-state index < -0.39 is 11.7 Å². The number of rotatable bonds is 5. The first-order valence-corrected chi connectivity index (χ1v) is 7.08. The summed E-state index contributed by atoms with van der Waals surface area (Å²) in [5.41, 5.74) is 1.12. The maximum atomic E-state index is 12.5. The number of benzene rings is 1. The van der Waals surface area contributed by atoms with E-state index >= 15 is 0 Å². The summed E-state index contributed by atoms with van der Waals surface area (Å²) in [6.07, 6.45) is -2.03. The zero-order valence-corrected chi connectivity index (χ0v) is 12.6. The molecule has 2 rings (SSSR count). The number of nitrogens with one attached hydrogen (secondary N) is 3. The molecular weight excluding hydrogens is 307 g/mol. The van der Waals surface area contributed by atoms with Gasteiger partial charge >= 0.3 is 6.18 Å². The van der Waals surface area contributed by atoms with Crippen LogP contribution in [0.5, 0.6) is 0 Å². The molecule has 0 aliphatic rings. The standard InChI is InChI=1S/C15H18F3N5/c1-19-14(21-10-13-7-9-22-23-13)20-8-6-11-2-4-12(5-3-11)15(16,17)18/h2-5,7,9H,6,8,10H2,1H3,(H,22,23)(H2,19,20,21). The van der Waals surface area contributed by atoms with E-state index in [4.69, 9.17) is 0 Å². The van der Waals surface area contributed by atoms with Gasteiger partial charge in [0.25, 0.3) is 0 Å². The zero-order chi connectivity index (χ0) is 16.7. The fraction of sp³-hybridized carbons (Fsp3) is 0.333. The molecule has 5 nitrogen and oxygen atoms in total. The molecule has 2 aromatic rings. The van der Waals surface area contributed by atoms with Crippen molar-refractivity contribution >= 4 is 5.96 Å². The summed E-state index contributed by atoms with van der Waals surface area (Å²) in [7, 11) is 1.65. The summed E-state index contributed by atoms with van der Waals surface area (Å²) in [6, 6.07) is 7.03. The molecule has 8 heteroatoms. The van der Waals surface area contributed by atoms with Crippen LogP contribution in [-0.2, 0) is 19.1 Å². The van der Waals surface area contributed by atoms with Gasteiger partial charge in [0.05, 0.1) is 17.8 Å². The number of guanidine groups is 1. The number of alkyl halides is 3. The molecule has 0 atom stereocenters. The van der Waals surface area contributed by atoms with E-state index in [1.807, 2.05) is 6.07 Å². The van der Waals surface area contributed by atoms with Crippen LogP contribution in [0.1, 0.15) is 16.8 Å². The number of hydrogen-bond donors (Lipinski definition) is 3. The minimum absolute atomic E-state index is 0.556. The van der Waals surface area contributed by atoms with Crippen molar-refractivity contribution in [2.45, 2.75) is 19.1 Å². The number of aromatic nitrogens is 2. The highest BCUT2D eigenvalue weighted by atomic mass is 19.4. The third-order valence-corrected chi connectivity index (χ3v) is 3.22. The van der Waals surface area contributed by atoms with E-state index in [1.165, 1.54) is 12.1 Å². The number of hydrogen-bond acceptors (Lipinski definition) is 2. The summed E-state index contributed by atoms with van der Waals surface area (Å²) in [5.74, 6) is 0.617. The number of aliphatic imine (C=N–C) groups is 1. The lowest BCUT2D eigenvalue weighted by Crippen LogP contribution is -2.37. The number of H-pyrrole nitrogens is 1. The molecule has 0 saturated heterocycles. The van der Waals surface area contributed by atoms with Gasteiger partial charge in [-0.25, -0.2) is 0 Å². The highest BCUT2D eigenvalue weighted by molar-refractivity contribution is 5.79. The van der Waals surface area contributed by atoms with E-state index in [0.717, 1.165) is 23.4 Å². The molecule has 1 aromatic carbocycles. The normalized spacial score (nSPS) is 12.3. The Morgan fingerprint density at radius 2 is 1.91 bits per heavy atom. The molecule has 23 heavy (non-hydrogen) atoms. The van der Waals surface area contributed by atoms with Gasteiger partial charge in [-0.15, -0.1) is 0 Å². The van der Waals surface area contributed by atoms with Crippen molar-refractivity contribution in [3.8, 4) is 0 Å². The van der Waals surface area contributed by atoms with Gasteiger partial charge in [-0.05, 0) is 30.2 Å². The van der Waals surface area contributed by atoms with E-state index in [1.54, 1.807) is 13.2 Å². The van der Waals surface area contributed by atoms with Crippen molar-refractivity contribution in [1.82, 2.24) is 20.8 Å². The Morgan fingerprint density at radius 1 is 1.17 bits per heavy atom. The molecule has 0 spiro atoms. The second-order valence-electron chi connectivity index (χ2n) is 4.88. The SMILES string of the molecule is CN=C(NCCc1ccc(C(F)(F)F)cc1)NCc1ccn[nH]1. The van der Waals surface area contributed by atoms with Crippen LogP contribution in [0.25, 0.3) is 0 Å². The Kier molecular flexibility index (Phi) is 5.61. The van der Waals surface area contributed by atoms with Crippen molar-refractivity contribution in [2.24, 2.45) is 4.99 Å². The number of nitrogens with zero attached hydrogens (tertiary/aromatic N) is 2. The molecule has 1 aromatic heterocycles. The van der Waals surface area contributed by atoms with Crippen LogP contribution in [0.4, 0.5) is 13.2 Å². The number of halogens is 3. The minimum Gasteiger partial charge on any atom is -0.356 e. The Morgan fingerprint density at radius 3 is 2.48 bits per heavy atom. The van der Waals surface area contributed by atoms with Gasteiger partial charge in [-0.3, -0.25) is 10.1 Å². The molecule has 0 saturated carbocycles. The summed E-state index contributed by atoms with van der Waals surface area (Å²) in [5, 5.41) is 12.9. The van der Waals surface area contributed by atoms with E-state index in [-0.39, 0.29) is 0 Å². The largest absolute Gasteiger partial charge is 0.416 e. The predicted octanol–water partition coefficient (Wildman–Crippen LogP) is 2.34. The lowest BCUT2D eigenvalue weighted by Gasteiger charge is -2.11. The van der Waals surface area contributed by atoms with Gasteiger partial charge in [-0.2, -0.15) is 18.3 Å². The molecule has 1 heterocycles. The second kappa shape index (κ2) is 7.66. The van der Waals surface area contributed by atoms with Gasteiger partial charge in [0.15, 0.2) is 5.96 Å². The molecule has 0 fully saturated rings.